The summed E-state index contributed by atoms with van der Waals surface area (Å²) in [5, 5.41) is 9.19. The van der Waals surface area contributed by atoms with Crippen LogP contribution < -0.4 is 0 Å². The van der Waals surface area contributed by atoms with Crippen LogP contribution in [0.5, 0.6) is 0 Å². The number of para-hydroxylation sites is 2. The summed E-state index contributed by atoms with van der Waals surface area (Å²) in [5.41, 5.74) is 12.5. The third kappa shape index (κ3) is 5.90. The normalized spacial score (nSPS) is 11.8. The smallest absolute Gasteiger partial charge is 0.167 e. The van der Waals surface area contributed by atoms with Crippen molar-refractivity contribution in [3.8, 4) is 67.5 Å². The first-order valence-corrected chi connectivity index (χ1v) is 21.5. The van der Waals surface area contributed by atoms with Crippen molar-refractivity contribution in [3.05, 3.63) is 212 Å². The summed E-state index contributed by atoms with van der Waals surface area (Å²) in [7, 11) is 0. The number of furan rings is 2. The molecule has 0 fully saturated rings. The minimum absolute atomic E-state index is 0.542. The van der Waals surface area contributed by atoms with Crippen molar-refractivity contribution in [1.82, 2.24) is 15.0 Å². The molecule has 0 aliphatic heterocycles. The van der Waals surface area contributed by atoms with Crippen molar-refractivity contribution < 1.29 is 8.83 Å². The van der Waals surface area contributed by atoms with Gasteiger partial charge < -0.3 is 8.83 Å². The number of hydrogen-bond acceptors (Lipinski definition) is 5. The summed E-state index contributed by atoms with van der Waals surface area (Å²) in [5.74, 6) is 1.69. The van der Waals surface area contributed by atoms with Crippen LogP contribution in [0.25, 0.3) is 133 Å². The minimum atomic E-state index is 0.542. The number of aromatic nitrogens is 3. The van der Waals surface area contributed by atoms with Gasteiger partial charge in [0.2, 0.25) is 0 Å². The molecule has 0 atom stereocenters. The molecule has 5 heteroatoms. The van der Waals surface area contributed by atoms with E-state index in [1.807, 2.05) is 72.8 Å². The molecule has 0 aliphatic carbocycles. The van der Waals surface area contributed by atoms with E-state index >= 15 is 0 Å². The SMILES string of the molecule is c1ccc(-c2nc(-c3ccccc3-c3cccc4oc5ccc(-c6ccc(-c7ccc8ccc9ccccc9c8c7)cc6)cc5c34)nc(-c3cccc4c3oc3ccccc34)n2)cc1. The van der Waals surface area contributed by atoms with Gasteiger partial charge >= 0.3 is 0 Å². The number of nitrogens with zero attached hydrogens (tertiary/aromatic N) is 3. The average Bonchev–Trinajstić information content (AvgIpc) is 3.95. The minimum Gasteiger partial charge on any atom is -0.456 e. The Kier molecular flexibility index (Phi) is 8.15. The van der Waals surface area contributed by atoms with Crippen LogP contribution in [-0.4, -0.2) is 15.0 Å². The number of fused-ring (bicyclic) bond motifs is 9. The zero-order chi connectivity index (χ0) is 42.1. The number of rotatable bonds is 6. The van der Waals surface area contributed by atoms with Crippen molar-refractivity contribution >= 4 is 65.4 Å². The van der Waals surface area contributed by atoms with Gasteiger partial charge in [0.25, 0.3) is 0 Å². The van der Waals surface area contributed by atoms with Crippen LogP contribution in [0.4, 0.5) is 0 Å². The molecule has 0 radical (unpaired) electrons. The summed E-state index contributed by atoms with van der Waals surface area (Å²) in [6.07, 6.45) is 0. The van der Waals surface area contributed by atoms with Crippen molar-refractivity contribution in [2.45, 2.75) is 0 Å². The fourth-order valence-corrected chi connectivity index (χ4v) is 9.44. The maximum Gasteiger partial charge on any atom is 0.167 e. The predicted octanol–water partition coefficient (Wildman–Crippen LogP) is 16.0. The molecule has 298 valence electrons. The van der Waals surface area contributed by atoms with Crippen molar-refractivity contribution in [2.75, 3.05) is 0 Å². The highest BCUT2D eigenvalue weighted by atomic mass is 16.3. The van der Waals surface area contributed by atoms with Gasteiger partial charge in [0, 0.05) is 32.7 Å². The predicted molar refractivity (Wildman–Crippen MR) is 262 cm³/mol. The molecule has 64 heavy (non-hydrogen) atoms. The number of benzene rings is 10. The Morgan fingerprint density at radius 1 is 0.266 bits per heavy atom. The fourth-order valence-electron chi connectivity index (χ4n) is 9.44. The van der Waals surface area contributed by atoms with Crippen LogP contribution in [-0.2, 0) is 0 Å². The van der Waals surface area contributed by atoms with Crippen LogP contribution in [0.1, 0.15) is 0 Å². The Morgan fingerprint density at radius 3 is 1.62 bits per heavy atom. The highest BCUT2D eigenvalue weighted by Gasteiger charge is 2.21. The van der Waals surface area contributed by atoms with E-state index in [0.29, 0.717) is 17.5 Å². The molecule has 5 nitrogen and oxygen atoms in total. The second-order valence-electron chi connectivity index (χ2n) is 16.3. The van der Waals surface area contributed by atoms with Gasteiger partial charge in [0.15, 0.2) is 17.5 Å². The standard InChI is InChI=1S/C59H35N3O2/c1-2-13-40(14-3-1)57-60-58(62-59(61-57)49-21-10-20-47-45-17-8-9-22-52(45)64-56(47)49)48-18-7-6-16-44(48)46-19-11-23-54-55(46)51-35-42(32-33-53(51)63-54)37-26-24-36(25-27-37)41-31-30-39-29-28-38-12-4-5-15-43(38)50(39)34-41/h1-35H. The molecule has 0 N–H and O–H groups in total. The van der Waals surface area contributed by atoms with Gasteiger partial charge in [-0.2, -0.15) is 0 Å². The van der Waals surface area contributed by atoms with Gasteiger partial charge in [-0.25, -0.2) is 15.0 Å². The lowest BCUT2D eigenvalue weighted by atomic mass is 9.93. The highest BCUT2D eigenvalue weighted by Crippen LogP contribution is 2.43. The maximum atomic E-state index is 6.56. The summed E-state index contributed by atoms with van der Waals surface area (Å²) in [6, 6.07) is 74.1. The molecule has 0 aliphatic rings. The molecule has 3 aromatic heterocycles. The Hall–Kier alpha value is -8.67. The fraction of sp³-hybridized carbons (Fsp3) is 0. The van der Waals surface area contributed by atoms with E-state index in [1.165, 1.54) is 32.7 Å². The molecule has 13 aromatic rings. The van der Waals surface area contributed by atoms with E-state index in [2.05, 4.69) is 140 Å². The first-order valence-electron chi connectivity index (χ1n) is 21.5. The van der Waals surface area contributed by atoms with Crippen molar-refractivity contribution in [2.24, 2.45) is 0 Å². The van der Waals surface area contributed by atoms with Gasteiger partial charge in [0.1, 0.15) is 22.3 Å². The van der Waals surface area contributed by atoms with Gasteiger partial charge in [-0.15, -0.1) is 0 Å². The first kappa shape index (κ1) is 36.0. The van der Waals surface area contributed by atoms with Crippen LogP contribution in [0.15, 0.2) is 221 Å². The number of hydrogen-bond donors (Lipinski definition) is 0. The lowest BCUT2D eigenvalue weighted by Crippen LogP contribution is -2.01. The quantitative estimate of drug-likeness (QED) is 0.156. The summed E-state index contributed by atoms with van der Waals surface area (Å²) in [6.45, 7) is 0. The molecular weight excluding hydrogens is 783 g/mol. The zero-order valence-corrected chi connectivity index (χ0v) is 34.4. The van der Waals surface area contributed by atoms with Gasteiger partial charge in [0.05, 0.1) is 5.56 Å². The first-order chi connectivity index (χ1) is 31.7. The molecule has 0 spiro atoms. The molecule has 0 unspecified atom stereocenters. The van der Waals surface area contributed by atoms with E-state index in [9.17, 15) is 0 Å². The molecule has 10 aromatic carbocycles. The van der Waals surface area contributed by atoms with Crippen molar-refractivity contribution in [1.29, 1.82) is 0 Å². The maximum absolute atomic E-state index is 6.56. The lowest BCUT2D eigenvalue weighted by molar-refractivity contribution is 0.669. The molecule has 13 rings (SSSR count). The molecule has 0 saturated carbocycles. The molecule has 0 saturated heterocycles. The van der Waals surface area contributed by atoms with Gasteiger partial charge in [-0.3, -0.25) is 0 Å². The Balaban J connectivity index is 0.929. The summed E-state index contributed by atoms with van der Waals surface area (Å²) >= 11 is 0. The van der Waals surface area contributed by atoms with Gasteiger partial charge in [-0.1, -0.05) is 176 Å². The topological polar surface area (TPSA) is 65.0 Å². The van der Waals surface area contributed by atoms with Gasteiger partial charge in [-0.05, 0) is 91.3 Å². The summed E-state index contributed by atoms with van der Waals surface area (Å²) in [4.78, 5) is 15.5. The Bertz CT molecular complexity index is 3960. The Labute approximate surface area is 367 Å². The van der Waals surface area contributed by atoms with E-state index < -0.39 is 0 Å². The van der Waals surface area contributed by atoms with Crippen LogP contribution >= 0.6 is 0 Å². The molecule has 3 heterocycles. The molecular formula is C59H35N3O2. The van der Waals surface area contributed by atoms with E-state index in [4.69, 9.17) is 23.8 Å². The lowest BCUT2D eigenvalue weighted by Gasteiger charge is -2.13. The summed E-state index contributed by atoms with van der Waals surface area (Å²) < 4.78 is 13.0. The third-order valence-corrected chi connectivity index (χ3v) is 12.6. The van der Waals surface area contributed by atoms with Crippen LogP contribution in [0.3, 0.4) is 0 Å². The van der Waals surface area contributed by atoms with E-state index in [1.54, 1.807) is 0 Å². The van der Waals surface area contributed by atoms with Crippen molar-refractivity contribution in [3.63, 3.8) is 0 Å². The monoisotopic (exact) mass is 817 g/mol. The van der Waals surface area contributed by atoms with E-state index in [-0.39, 0.29) is 0 Å². The van der Waals surface area contributed by atoms with Crippen LogP contribution in [0.2, 0.25) is 0 Å². The van der Waals surface area contributed by atoms with Crippen LogP contribution in [0, 0.1) is 0 Å². The molecule has 0 amide bonds. The average molecular weight is 818 g/mol. The largest absolute Gasteiger partial charge is 0.456 e. The third-order valence-electron chi connectivity index (χ3n) is 12.6. The Morgan fingerprint density at radius 2 is 0.797 bits per heavy atom. The second kappa shape index (κ2) is 14.5. The second-order valence-corrected chi connectivity index (χ2v) is 16.3. The van der Waals surface area contributed by atoms with E-state index in [0.717, 1.165) is 82.8 Å². The highest BCUT2D eigenvalue weighted by molar-refractivity contribution is 6.15. The zero-order valence-electron chi connectivity index (χ0n) is 34.4. The molecule has 0 bridgehead atoms.